The molecular weight excluding hydrogens is 344 g/mol. The van der Waals surface area contributed by atoms with E-state index in [9.17, 15) is 9.59 Å². The number of nitrogens with one attached hydrogen (secondary N) is 1. The van der Waals surface area contributed by atoms with Gasteiger partial charge in [0.15, 0.2) is 11.5 Å². The fraction of sp³-hybridized carbons (Fsp3) is 0.111. The van der Waals surface area contributed by atoms with Crippen molar-refractivity contribution in [3.05, 3.63) is 58.7 Å². The van der Waals surface area contributed by atoms with Gasteiger partial charge in [0, 0.05) is 0 Å². The number of carbonyl (C=O) groups is 2. The highest BCUT2D eigenvalue weighted by molar-refractivity contribution is 6.32. The molecule has 3 amide bonds. The second-order valence-corrected chi connectivity index (χ2v) is 5.61. The van der Waals surface area contributed by atoms with Crippen molar-refractivity contribution in [2.75, 3.05) is 19.1 Å². The monoisotopic (exact) mass is 358 g/mol. The van der Waals surface area contributed by atoms with E-state index in [1.165, 1.54) is 20.3 Å². The Morgan fingerprint density at radius 3 is 2.44 bits per heavy atom. The molecule has 128 valence electrons. The maximum atomic E-state index is 12.6. The first kappa shape index (κ1) is 16.9. The minimum Gasteiger partial charge on any atom is -0.493 e. The molecule has 1 aliphatic heterocycles. The Hall–Kier alpha value is -2.99. The molecule has 1 heterocycles. The lowest BCUT2D eigenvalue weighted by Crippen LogP contribution is -2.30. The van der Waals surface area contributed by atoms with E-state index in [4.69, 9.17) is 21.1 Å². The number of imide groups is 1. The first-order chi connectivity index (χ1) is 12.0. The molecule has 1 aliphatic rings. The molecule has 2 aromatic carbocycles. The van der Waals surface area contributed by atoms with Crippen molar-refractivity contribution < 1.29 is 19.1 Å². The van der Waals surface area contributed by atoms with Crippen molar-refractivity contribution >= 4 is 35.3 Å². The molecule has 0 spiro atoms. The summed E-state index contributed by atoms with van der Waals surface area (Å²) in [5.74, 6) is 0.389. The molecule has 2 aromatic rings. The van der Waals surface area contributed by atoms with Gasteiger partial charge < -0.3 is 14.8 Å². The first-order valence-electron chi connectivity index (χ1n) is 7.39. The number of halogens is 1. The lowest BCUT2D eigenvalue weighted by Gasteiger charge is -2.11. The molecular formula is C18H15ClN2O4. The van der Waals surface area contributed by atoms with Crippen LogP contribution in [0.5, 0.6) is 11.5 Å². The second kappa shape index (κ2) is 6.86. The summed E-state index contributed by atoms with van der Waals surface area (Å²) in [7, 11) is 2.98. The van der Waals surface area contributed by atoms with E-state index in [2.05, 4.69) is 5.32 Å². The smallest absolute Gasteiger partial charge is 0.333 e. The van der Waals surface area contributed by atoms with Crippen LogP contribution < -0.4 is 19.7 Å². The zero-order valence-corrected chi connectivity index (χ0v) is 14.3. The molecule has 0 bridgehead atoms. The summed E-state index contributed by atoms with van der Waals surface area (Å²) < 4.78 is 10.4. The highest BCUT2D eigenvalue weighted by Gasteiger charge is 2.34. The van der Waals surface area contributed by atoms with Gasteiger partial charge in [0.05, 0.1) is 24.9 Å². The number of rotatable bonds is 4. The van der Waals surface area contributed by atoms with E-state index < -0.39 is 11.9 Å². The summed E-state index contributed by atoms with van der Waals surface area (Å²) in [5, 5.41) is 2.91. The Balaban J connectivity index is 1.96. The van der Waals surface area contributed by atoms with E-state index in [1.54, 1.807) is 36.4 Å². The quantitative estimate of drug-likeness (QED) is 0.671. The van der Waals surface area contributed by atoms with Crippen molar-refractivity contribution in [2.45, 2.75) is 0 Å². The third-order valence-corrected chi connectivity index (χ3v) is 3.94. The Morgan fingerprint density at radius 1 is 1.08 bits per heavy atom. The van der Waals surface area contributed by atoms with Crippen molar-refractivity contribution in [1.82, 2.24) is 5.32 Å². The van der Waals surface area contributed by atoms with E-state index in [0.717, 1.165) is 4.90 Å². The topological polar surface area (TPSA) is 67.9 Å². The highest BCUT2D eigenvalue weighted by atomic mass is 35.5. The molecule has 0 aliphatic carbocycles. The summed E-state index contributed by atoms with van der Waals surface area (Å²) in [6.07, 6.45) is 1.54. The third-order valence-electron chi connectivity index (χ3n) is 3.66. The summed E-state index contributed by atoms with van der Waals surface area (Å²) in [6.45, 7) is 0. The minimum atomic E-state index is -0.506. The zero-order chi connectivity index (χ0) is 18.0. The molecule has 25 heavy (non-hydrogen) atoms. The lowest BCUT2D eigenvalue weighted by atomic mass is 10.1. The molecule has 1 N–H and O–H groups in total. The van der Waals surface area contributed by atoms with Crippen molar-refractivity contribution in [3.63, 3.8) is 0 Å². The number of para-hydroxylation sites is 1. The van der Waals surface area contributed by atoms with Crippen LogP contribution in [0, 0.1) is 0 Å². The Morgan fingerprint density at radius 2 is 1.80 bits per heavy atom. The molecule has 1 fully saturated rings. The summed E-state index contributed by atoms with van der Waals surface area (Å²) in [5.41, 5.74) is 1.25. The van der Waals surface area contributed by atoms with Crippen molar-refractivity contribution in [1.29, 1.82) is 0 Å². The number of hydrogen-bond donors (Lipinski definition) is 1. The molecule has 7 heteroatoms. The molecule has 0 saturated carbocycles. The highest BCUT2D eigenvalue weighted by Crippen LogP contribution is 2.36. The average Bonchev–Trinajstić information content (AvgIpc) is 2.88. The van der Waals surface area contributed by atoms with Gasteiger partial charge >= 0.3 is 6.03 Å². The zero-order valence-electron chi connectivity index (χ0n) is 13.6. The number of anilines is 1. The Kier molecular flexibility index (Phi) is 4.63. The van der Waals surface area contributed by atoms with Gasteiger partial charge in [-0.2, -0.15) is 0 Å². The van der Waals surface area contributed by atoms with E-state index in [-0.39, 0.29) is 5.70 Å². The number of amides is 3. The third kappa shape index (κ3) is 3.16. The molecule has 0 aromatic heterocycles. The van der Waals surface area contributed by atoms with Gasteiger partial charge in [0.25, 0.3) is 5.91 Å². The predicted octanol–water partition coefficient (Wildman–Crippen LogP) is 3.45. The van der Waals surface area contributed by atoms with Crippen LogP contribution >= 0.6 is 11.6 Å². The number of ether oxygens (including phenoxy) is 2. The van der Waals surface area contributed by atoms with Gasteiger partial charge in [-0.3, -0.25) is 4.79 Å². The summed E-state index contributed by atoms with van der Waals surface area (Å²) in [4.78, 5) is 25.8. The van der Waals surface area contributed by atoms with Crippen LogP contribution in [-0.2, 0) is 4.79 Å². The van der Waals surface area contributed by atoms with Crippen molar-refractivity contribution in [3.8, 4) is 11.5 Å². The molecule has 6 nitrogen and oxygen atoms in total. The van der Waals surface area contributed by atoms with Crippen LogP contribution in [0.25, 0.3) is 6.08 Å². The van der Waals surface area contributed by atoms with E-state index >= 15 is 0 Å². The second-order valence-electron chi connectivity index (χ2n) is 5.20. The molecule has 0 unspecified atom stereocenters. The first-order valence-corrected chi connectivity index (χ1v) is 7.76. The summed E-state index contributed by atoms with van der Waals surface area (Å²) in [6, 6.07) is 11.5. The van der Waals surface area contributed by atoms with Crippen LogP contribution in [0.15, 0.2) is 48.2 Å². The number of urea groups is 1. The number of benzene rings is 2. The fourth-order valence-corrected chi connectivity index (χ4v) is 2.83. The minimum absolute atomic E-state index is 0.150. The molecule has 0 atom stereocenters. The van der Waals surface area contributed by atoms with Gasteiger partial charge in [-0.25, -0.2) is 9.69 Å². The van der Waals surface area contributed by atoms with Crippen molar-refractivity contribution in [2.24, 2.45) is 0 Å². The Bertz CT molecular complexity index is 865. The maximum Gasteiger partial charge on any atom is 0.333 e. The number of carbonyl (C=O) groups excluding carboxylic acids is 2. The van der Waals surface area contributed by atoms with Crippen LogP contribution in [0.2, 0.25) is 5.02 Å². The summed E-state index contributed by atoms with van der Waals surface area (Å²) >= 11 is 6.17. The van der Waals surface area contributed by atoms with E-state index in [0.29, 0.717) is 27.8 Å². The number of methoxy groups -OCH3 is 2. The number of nitrogens with zero attached hydrogens (tertiary/aromatic N) is 1. The maximum absolute atomic E-state index is 12.6. The Labute approximate surface area is 149 Å². The lowest BCUT2D eigenvalue weighted by molar-refractivity contribution is -0.113. The largest absolute Gasteiger partial charge is 0.493 e. The molecule has 3 rings (SSSR count). The predicted molar refractivity (Wildman–Crippen MR) is 95.0 cm³/mol. The standard InChI is InChI=1S/C18H15ClN2O4/c1-24-15-10-11(8-13(19)16(15)25-2)9-14-17(22)21(18(23)20-14)12-6-4-3-5-7-12/h3-10H,1-2H3,(H,20,23)/b14-9-. The van der Waals surface area contributed by atoms with Gasteiger partial charge in [-0.15, -0.1) is 0 Å². The van der Waals surface area contributed by atoms with Crippen LogP contribution in [-0.4, -0.2) is 26.2 Å². The van der Waals surface area contributed by atoms with Gasteiger partial charge in [-0.05, 0) is 35.9 Å². The van der Waals surface area contributed by atoms with Crippen LogP contribution in [0.1, 0.15) is 5.56 Å². The van der Waals surface area contributed by atoms with E-state index in [1.807, 2.05) is 6.07 Å². The normalized spacial score (nSPS) is 15.5. The van der Waals surface area contributed by atoms with Gasteiger partial charge in [-0.1, -0.05) is 29.8 Å². The number of hydrogen-bond acceptors (Lipinski definition) is 4. The molecule has 0 radical (unpaired) electrons. The van der Waals surface area contributed by atoms with Crippen LogP contribution in [0.3, 0.4) is 0 Å². The SMILES string of the molecule is COc1cc(/C=C2\NC(=O)N(c3ccccc3)C2=O)cc(Cl)c1OC. The fourth-order valence-electron chi connectivity index (χ4n) is 2.53. The van der Waals surface area contributed by atoms with Gasteiger partial charge in [0.1, 0.15) is 5.70 Å². The molecule has 1 saturated heterocycles. The van der Waals surface area contributed by atoms with Gasteiger partial charge in [0.2, 0.25) is 0 Å². The van der Waals surface area contributed by atoms with Crippen LogP contribution in [0.4, 0.5) is 10.5 Å². The average molecular weight is 359 g/mol.